The Morgan fingerprint density at radius 2 is 1.71 bits per heavy atom. The zero-order chi connectivity index (χ0) is 12.4. The van der Waals surface area contributed by atoms with Gasteiger partial charge in [-0.2, -0.15) is 0 Å². The molecule has 0 N–H and O–H groups in total. The summed E-state index contributed by atoms with van der Waals surface area (Å²) in [5, 5.41) is 1.96. The predicted molar refractivity (Wildman–Crippen MR) is 68.3 cm³/mol. The fourth-order valence-electron chi connectivity index (χ4n) is 2.15. The molecule has 0 amide bonds. The van der Waals surface area contributed by atoms with Gasteiger partial charge < -0.3 is 0 Å². The second-order valence-electron chi connectivity index (χ2n) is 4.26. The predicted octanol–water partition coefficient (Wildman–Crippen LogP) is 3.17. The normalized spacial score (nSPS) is 10.5. The topological polar surface area (TPSA) is 34.1 Å². The summed E-state index contributed by atoms with van der Waals surface area (Å²) >= 11 is 0. The molecule has 2 aromatic carbocycles. The molecular weight excluding hydrogens is 212 g/mol. The third-order valence-electron chi connectivity index (χ3n) is 2.81. The van der Waals surface area contributed by atoms with Crippen LogP contribution < -0.4 is 0 Å². The van der Waals surface area contributed by atoms with Crippen LogP contribution in [-0.2, 0) is 11.2 Å². The molecule has 2 heteroatoms. The second kappa shape index (κ2) is 4.50. The Morgan fingerprint density at radius 1 is 1.00 bits per heavy atom. The van der Waals surface area contributed by atoms with E-state index in [0.717, 1.165) is 16.3 Å². The first-order chi connectivity index (χ1) is 8.09. The van der Waals surface area contributed by atoms with E-state index in [1.165, 1.54) is 0 Å². The quantitative estimate of drug-likeness (QED) is 0.753. The van der Waals surface area contributed by atoms with Crippen LogP contribution in [0.15, 0.2) is 36.4 Å². The molecule has 0 atom stereocenters. The molecule has 2 rings (SSSR count). The molecule has 0 radical (unpaired) electrons. The number of ketones is 2. The second-order valence-corrected chi connectivity index (χ2v) is 4.26. The van der Waals surface area contributed by atoms with Gasteiger partial charge in [-0.25, -0.2) is 0 Å². The summed E-state index contributed by atoms with van der Waals surface area (Å²) in [5.41, 5.74) is 1.50. The molecule has 0 saturated carbocycles. The molecule has 0 saturated heterocycles. The van der Waals surface area contributed by atoms with E-state index in [1.54, 1.807) is 13.8 Å². The van der Waals surface area contributed by atoms with Gasteiger partial charge in [0.1, 0.15) is 5.78 Å². The zero-order valence-electron chi connectivity index (χ0n) is 9.99. The van der Waals surface area contributed by atoms with Gasteiger partial charge in [-0.1, -0.05) is 36.4 Å². The number of hydrogen-bond donors (Lipinski definition) is 0. The van der Waals surface area contributed by atoms with E-state index in [4.69, 9.17) is 0 Å². The average molecular weight is 226 g/mol. The van der Waals surface area contributed by atoms with Crippen LogP contribution in [0.3, 0.4) is 0 Å². The maximum Gasteiger partial charge on any atom is 0.160 e. The highest BCUT2D eigenvalue weighted by atomic mass is 16.1. The first-order valence-corrected chi connectivity index (χ1v) is 5.60. The molecule has 2 nitrogen and oxygen atoms in total. The van der Waals surface area contributed by atoms with Gasteiger partial charge in [-0.15, -0.1) is 0 Å². The van der Waals surface area contributed by atoms with Crippen LogP contribution in [0.1, 0.15) is 29.8 Å². The van der Waals surface area contributed by atoms with Crippen LogP contribution >= 0.6 is 0 Å². The summed E-state index contributed by atoms with van der Waals surface area (Å²) < 4.78 is 0. The molecule has 0 aliphatic rings. The lowest BCUT2D eigenvalue weighted by Gasteiger charge is -2.09. The summed E-state index contributed by atoms with van der Waals surface area (Å²) in [6.45, 7) is 3.09. The summed E-state index contributed by atoms with van der Waals surface area (Å²) in [6, 6.07) is 11.6. The van der Waals surface area contributed by atoms with Gasteiger partial charge in [-0.3, -0.25) is 9.59 Å². The molecule has 0 spiro atoms. The number of Topliss-reactive ketones (excluding diaryl/α,β-unsaturated/α-hetero) is 2. The van der Waals surface area contributed by atoms with Crippen LogP contribution in [0.5, 0.6) is 0 Å². The highest BCUT2D eigenvalue weighted by molar-refractivity contribution is 6.09. The molecule has 0 unspecified atom stereocenters. The van der Waals surface area contributed by atoms with E-state index < -0.39 is 0 Å². The minimum atomic E-state index is 0.0121. The Morgan fingerprint density at radius 3 is 2.35 bits per heavy atom. The molecule has 86 valence electrons. The standard InChI is InChI=1S/C15H14O2/c1-10(16)9-13-8-7-12-5-3-4-6-14(12)15(13)11(2)17/h3-8H,9H2,1-2H3. The van der Waals surface area contributed by atoms with Crippen molar-refractivity contribution in [2.45, 2.75) is 20.3 Å². The number of carbonyl (C=O) groups excluding carboxylic acids is 2. The van der Waals surface area contributed by atoms with Crippen LogP contribution in [0, 0.1) is 0 Å². The minimum Gasteiger partial charge on any atom is -0.300 e. The van der Waals surface area contributed by atoms with Crippen molar-refractivity contribution in [2.75, 3.05) is 0 Å². The molecule has 2 aromatic rings. The van der Waals surface area contributed by atoms with Gasteiger partial charge in [0.15, 0.2) is 5.78 Å². The molecular formula is C15H14O2. The van der Waals surface area contributed by atoms with E-state index in [9.17, 15) is 9.59 Å². The van der Waals surface area contributed by atoms with Crippen molar-refractivity contribution >= 4 is 22.3 Å². The first-order valence-electron chi connectivity index (χ1n) is 5.60. The molecule has 0 heterocycles. The maximum atomic E-state index is 11.8. The van der Waals surface area contributed by atoms with E-state index in [2.05, 4.69) is 0 Å². The Balaban J connectivity index is 2.72. The summed E-state index contributed by atoms with van der Waals surface area (Å²) in [7, 11) is 0. The average Bonchev–Trinajstić information content (AvgIpc) is 2.27. The lowest BCUT2D eigenvalue weighted by Crippen LogP contribution is -2.05. The molecule has 0 aromatic heterocycles. The molecule has 17 heavy (non-hydrogen) atoms. The fourth-order valence-corrected chi connectivity index (χ4v) is 2.15. The van der Waals surface area contributed by atoms with E-state index in [-0.39, 0.29) is 11.6 Å². The van der Waals surface area contributed by atoms with E-state index in [0.29, 0.717) is 12.0 Å². The third kappa shape index (κ3) is 2.26. The summed E-state index contributed by atoms with van der Waals surface area (Å²) in [6.07, 6.45) is 0.319. The molecule has 0 bridgehead atoms. The van der Waals surface area contributed by atoms with Crippen molar-refractivity contribution in [3.05, 3.63) is 47.5 Å². The van der Waals surface area contributed by atoms with Gasteiger partial charge in [0.05, 0.1) is 0 Å². The van der Waals surface area contributed by atoms with E-state index in [1.807, 2.05) is 36.4 Å². The lowest BCUT2D eigenvalue weighted by atomic mass is 9.94. The van der Waals surface area contributed by atoms with Crippen molar-refractivity contribution in [1.29, 1.82) is 0 Å². The zero-order valence-corrected chi connectivity index (χ0v) is 9.99. The van der Waals surface area contributed by atoms with Gasteiger partial charge in [0.25, 0.3) is 0 Å². The first kappa shape index (κ1) is 11.5. The smallest absolute Gasteiger partial charge is 0.160 e. The lowest BCUT2D eigenvalue weighted by molar-refractivity contribution is -0.116. The van der Waals surface area contributed by atoms with Gasteiger partial charge in [0, 0.05) is 12.0 Å². The number of carbonyl (C=O) groups is 2. The number of fused-ring (bicyclic) bond motifs is 1. The van der Waals surface area contributed by atoms with Crippen molar-refractivity contribution in [1.82, 2.24) is 0 Å². The van der Waals surface area contributed by atoms with Crippen LogP contribution in [0.25, 0.3) is 10.8 Å². The van der Waals surface area contributed by atoms with Crippen molar-refractivity contribution in [3.8, 4) is 0 Å². The largest absolute Gasteiger partial charge is 0.300 e. The Kier molecular flexibility index (Phi) is 3.05. The monoisotopic (exact) mass is 226 g/mol. The highest BCUT2D eigenvalue weighted by Crippen LogP contribution is 2.23. The molecule has 0 aliphatic carbocycles. The number of benzene rings is 2. The maximum absolute atomic E-state index is 11.8. The molecule has 0 aliphatic heterocycles. The Labute approximate surface area is 100 Å². The number of hydrogen-bond acceptors (Lipinski definition) is 2. The van der Waals surface area contributed by atoms with Gasteiger partial charge in [-0.05, 0) is 30.2 Å². The highest BCUT2D eigenvalue weighted by Gasteiger charge is 2.12. The number of rotatable bonds is 3. The van der Waals surface area contributed by atoms with Crippen molar-refractivity contribution in [3.63, 3.8) is 0 Å². The molecule has 0 fully saturated rings. The summed E-state index contributed by atoms with van der Waals surface area (Å²) in [4.78, 5) is 23.0. The Hall–Kier alpha value is -1.96. The third-order valence-corrected chi connectivity index (χ3v) is 2.81. The van der Waals surface area contributed by atoms with Crippen LogP contribution in [-0.4, -0.2) is 11.6 Å². The van der Waals surface area contributed by atoms with Crippen LogP contribution in [0.2, 0.25) is 0 Å². The Bertz CT molecular complexity index is 597. The fraction of sp³-hybridized carbons (Fsp3) is 0.200. The van der Waals surface area contributed by atoms with Gasteiger partial charge in [0.2, 0.25) is 0 Å². The van der Waals surface area contributed by atoms with Crippen molar-refractivity contribution < 1.29 is 9.59 Å². The van der Waals surface area contributed by atoms with Gasteiger partial charge >= 0.3 is 0 Å². The van der Waals surface area contributed by atoms with Crippen molar-refractivity contribution in [2.24, 2.45) is 0 Å². The summed E-state index contributed by atoms with van der Waals surface area (Å²) in [5.74, 6) is 0.0841. The van der Waals surface area contributed by atoms with Crippen LogP contribution in [0.4, 0.5) is 0 Å². The SMILES string of the molecule is CC(=O)Cc1ccc2ccccc2c1C(C)=O. The minimum absolute atomic E-state index is 0.0121. The van der Waals surface area contributed by atoms with E-state index >= 15 is 0 Å².